The molecule has 0 spiro atoms. The topological polar surface area (TPSA) is 21.3 Å². The molecule has 0 fully saturated rings. The number of hydrogen-bond donors (Lipinski definition) is 1. The molecule has 0 saturated carbocycles. The van der Waals surface area contributed by atoms with Crippen LogP contribution < -0.4 is 5.32 Å². The van der Waals surface area contributed by atoms with Crippen LogP contribution >= 0.6 is 11.6 Å². The molecule has 0 aliphatic heterocycles. The van der Waals surface area contributed by atoms with Crippen LogP contribution in [0.15, 0.2) is 18.2 Å². The molecule has 1 unspecified atom stereocenters. The number of ether oxygens (including phenoxy) is 1. The molecular formula is C13H19ClFNO. The average molecular weight is 260 g/mol. The zero-order chi connectivity index (χ0) is 12.7. The molecular weight excluding hydrogens is 241 g/mol. The summed E-state index contributed by atoms with van der Waals surface area (Å²) in [6, 6.07) is 4.90. The summed E-state index contributed by atoms with van der Waals surface area (Å²) in [5.41, 5.74) is 1.07. The summed E-state index contributed by atoms with van der Waals surface area (Å²) in [4.78, 5) is 0. The predicted molar refractivity (Wildman–Crippen MR) is 69.0 cm³/mol. The van der Waals surface area contributed by atoms with Gasteiger partial charge in [-0.25, -0.2) is 4.39 Å². The van der Waals surface area contributed by atoms with Crippen molar-refractivity contribution in [1.82, 2.24) is 5.32 Å². The van der Waals surface area contributed by atoms with Crippen LogP contribution in [-0.2, 0) is 11.2 Å². The highest BCUT2D eigenvalue weighted by Crippen LogP contribution is 2.18. The van der Waals surface area contributed by atoms with Crippen molar-refractivity contribution >= 4 is 11.6 Å². The fourth-order valence-electron chi connectivity index (χ4n) is 1.66. The third kappa shape index (κ3) is 5.48. The number of halogens is 2. The third-order valence-corrected chi connectivity index (χ3v) is 2.83. The van der Waals surface area contributed by atoms with Gasteiger partial charge in [0.2, 0.25) is 0 Å². The largest absolute Gasteiger partial charge is 0.383 e. The van der Waals surface area contributed by atoms with Crippen LogP contribution in [0.2, 0.25) is 5.02 Å². The van der Waals surface area contributed by atoms with E-state index in [-0.39, 0.29) is 10.8 Å². The number of hydrogen-bond acceptors (Lipinski definition) is 2. The SMILES string of the molecule is COCCNCC(C)Cc1ccc(F)c(Cl)c1. The second-order valence-electron chi connectivity index (χ2n) is 4.25. The highest BCUT2D eigenvalue weighted by atomic mass is 35.5. The van der Waals surface area contributed by atoms with Crippen molar-refractivity contribution in [1.29, 1.82) is 0 Å². The van der Waals surface area contributed by atoms with E-state index in [4.69, 9.17) is 16.3 Å². The molecule has 1 aromatic carbocycles. The maximum Gasteiger partial charge on any atom is 0.141 e. The molecule has 1 aromatic rings. The summed E-state index contributed by atoms with van der Waals surface area (Å²) in [6.45, 7) is 4.63. The van der Waals surface area contributed by atoms with E-state index in [9.17, 15) is 4.39 Å². The Morgan fingerprint density at radius 2 is 2.24 bits per heavy atom. The Morgan fingerprint density at radius 1 is 1.47 bits per heavy atom. The molecule has 17 heavy (non-hydrogen) atoms. The molecule has 1 N–H and O–H groups in total. The van der Waals surface area contributed by atoms with E-state index in [2.05, 4.69) is 12.2 Å². The van der Waals surface area contributed by atoms with Crippen molar-refractivity contribution in [3.63, 3.8) is 0 Å². The zero-order valence-corrected chi connectivity index (χ0v) is 11.1. The smallest absolute Gasteiger partial charge is 0.141 e. The summed E-state index contributed by atoms with van der Waals surface area (Å²) in [5, 5.41) is 3.50. The Morgan fingerprint density at radius 3 is 2.88 bits per heavy atom. The summed E-state index contributed by atoms with van der Waals surface area (Å²) < 4.78 is 17.9. The lowest BCUT2D eigenvalue weighted by atomic mass is 10.0. The normalized spacial score (nSPS) is 12.7. The van der Waals surface area contributed by atoms with Crippen molar-refractivity contribution in [2.24, 2.45) is 5.92 Å². The van der Waals surface area contributed by atoms with Crippen LogP contribution in [0.4, 0.5) is 4.39 Å². The molecule has 1 rings (SSSR count). The minimum atomic E-state index is -0.360. The Kier molecular flexibility index (Phi) is 6.48. The van der Waals surface area contributed by atoms with Crippen molar-refractivity contribution in [2.45, 2.75) is 13.3 Å². The minimum Gasteiger partial charge on any atom is -0.383 e. The second kappa shape index (κ2) is 7.64. The lowest BCUT2D eigenvalue weighted by molar-refractivity contribution is 0.198. The fraction of sp³-hybridized carbons (Fsp3) is 0.538. The highest BCUT2D eigenvalue weighted by molar-refractivity contribution is 6.30. The van der Waals surface area contributed by atoms with E-state index in [1.54, 1.807) is 19.2 Å². The van der Waals surface area contributed by atoms with Crippen molar-refractivity contribution < 1.29 is 9.13 Å². The van der Waals surface area contributed by atoms with E-state index in [0.29, 0.717) is 5.92 Å². The summed E-state index contributed by atoms with van der Waals surface area (Å²) in [6.07, 6.45) is 0.889. The van der Waals surface area contributed by atoms with Gasteiger partial charge in [0.15, 0.2) is 0 Å². The number of nitrogens with one attached hydrogen (secondary N) is 1. The van der Waals surface area contributed by atoms with Crippen LogP contribution in [0.5, 0.6) is 0 Å². The van der Waals surface area contributed by atoms with E-state index in [1.165, 1.54) is 6.07 Å². The fourth-order valence-corrected chi connectivity index (χ4v) is 1.87. The van der Waals surface area contributed by atoms with Gasteiger partial charge in [0.1, 0.15) is 5.82 Å². The summed E-state index contributed by atoms with van der Waals surface area (Å²) >= 11 is 5.74. The van der Waals surface area contributed by atoms with Gasteiger partial charge >= 0.3 is 0 Å². The van der Waals surface area contributed by atoms with Gasteiger partial charge < -0.3 is 10.1 Å². The zero-order valence-electron chi connectivity index (χ0n) is 10.3. The maximum absolute atomic E-state index is 13.0. The first-order valence-corrected chi connectivity index (χ1v) is 6.15. The Hall–Kier alpha value is -0.640. The van der Waals surface area contributed by atoms with E-state index in [0.717, 1.165) is 31.7 Å². The Labute approximate surface area is 107 Å². The molecule has 0 radical (unpaired) electrons. The highest BCUT2D eigenvalue weighted by Gasteiger charge is 2.06. The van der Waals surface area contributed by atoms with Gasteiger partial charge in [0, 0.05) is 13.7 Å². The molecule has 1 atom stereocenters. The molecule has 96 valence electrons. The molecule has 2 nitrogen and oxygen atoms in total. The van der Waals surface area contributed by atoms with Crippen molar-refractivity contribution in [3.05, 3.63) is 34.6 Å². The van der Waals surface area contributed by atoms with E-state index >= 15 is 0 Å². The maximum atomic E-state index is 13.0. The first kappa shape index (κ1) is 14.4. The first-order chi connectivity index (χ1) is 8.13. The predicted octanol–water partition coefficient (Wildman–Crippen LogP) is 2.89. The third-order valence-electron chi connectivity index (χ3n) is 2.54. The molecule has 0 aliphatic carbocycles. The average Bonchev–Trinajstić information content (AvgIpc) is 2.30. The molecule has 0 aliphatic rings. The number of methoxy groups -OCH3 is 1. The van der Waals surface area contributed by atoms with Crippen molar-refractivity contribution in [3.8, 4) is 0 Å². The van der Waals surface area contributed by atoms with Gasteiger partial charge in [0.05, 0.1) is 11.6 Å². The first-order valence-electron chi connectivity index (χ1n) is 5.77. The number of rotatable bonds is 7. The van der Waals surface area contributed by atoms with Crippen LogP contribution in [0.25, 0.3) is 0 Å². The second-order valence-corrected chi connectivity index (χ2v) is 4.66. The molecule has 0 heterocycles. The lowest BCUT2D eigenvalue weighted by Gasteiger charge is -2.12. The molecule has 0 saturated heterocycles. The quantitative estimate of drug-likeness (QED) is 0.761. The van der Waals surface area contributed by atoms with Crippen LogP contribution in [0, 0.1) is 11.7 Å². The molecule has 0 amide bonds. The van der Waals surface area contributed by atoms with Gasteiger partial charge in [-0.05, 0) is 36.6 Å². The van der Waals surface area contributed by atoms with Crippen LogP contribution in [-0.4, -0.2) is 26.8 Å². The van der Waals surface area contributed by atoms with Gasteiger partial charge in [-0.1, -0.05) is 24.6 Å². The minimum absolute atomic E-state index is 0.196. The van der Waals surface area contributed by atoms with E-state index in [1.807, 2.05) is 0 Å². The Bertz CT molecular complexity index is 346. The van der Waals surface area contributed by atoms with Gasteiger partial charge in [-0.15, -0.1) is 0 Å². The summed E-state index contributed by atoms with van der Waals surface area (Å²) in [5.74, 6) is 0.120. The lowest BCUT2D eigenvalue weighted by Crippen LogP contribution is -2.25. The number of benzene rings is 1. The molecule has 0 bridgehead atoms. The van der Waals surface area contributed by atoms with Crippen LogP contribution in [0.1, 0.15) is 12.5 Å². The van der Waals surface area contributed by atoms with Gasteiger partial charge in [-0.2, -0.15) is 0 Å². The van der Waals surface area contributed by atoms with Gasteiger partial charge in [0.25, 0.3) is 0 Å². The van der Waals surface area contributed by atoms with Crippen LogP contribution in [0.3, 0.4) is 0 Å². The van der Waals surface area contributed by atoms with Crippen molar-refractivity contribution in [2.75, 3.05) is 26.8 Å². The Balaban J connectivity index is 2.34. The molecule has 0 aromatic heterocycles. The summed E-state index contributed by atoms with van der Waals surface area (Å²) in [7, 11) is 1.69. The van der Waals surface area contributed by atoms with E-state index < -0.39 is 0 Å². The molecule has 4 heteroatoms. The monoisotopic (exact) mass is 259 g/mol. The standard InChI is InChI=1S/C13H19ClFNO/c1-10(9-16-5-6-17-2)7-11-3-4-13(15)12(14)8-11/h3-4,8,10,16H,5-7,9H2,1-2H3. The van der Waals surface area contributed by atoms with Gasteiger partial charge in [-0.3, -0.25) is 0 Å².